The number of rotatable bonds is 7. The Morgan fingerprint density at radius 3 is 2.74 bits per heavy atom. The quantitative estimate of drug-likeness (QED) is 0.777. The molecule has 0 atom stereocenters. The minimum Gasteiger partial charge on any atom is -0.315 e. The van der Waals surface area contributed by atoms with Crippen LogP contribution in [0, 0.1) is 0 Å². The highest BCUT2D eigenvalue weighted by molar-refractivity contribution is 7.98. The van der Waals surface area contributed by atoms with Gasteiger partial charge in [0.15, 0.2) is 0 Å². The van der Waals surface area contributed by atoms with Gasteiger partial charge >= 0.3 is 0 Å². The fraction of sp³-hybridized carbons (Fsp3) is 0.400. The van der Waals surface area contributed by atoms with Crippen LogP contribution >= 0.6 is 23.1 Å². The number of hydrogen-bond acceptors (Lipinski definition) is 4. The van der Waals surface area contributed by atoms with E-state index in [1.165, 1.54) is 20.5 Å². The molecule has 0 fully saturated rings. The van der Waals surface area contributed by atoms with Crippen molar-refractivity contribution in [1.29, 1.82) is 0 Å². The molecule has 0 spiro atoms. The molecule has 0 radical (unpaired) electrons. The van der Waals surface area contributed by atoms with Crippen molar-refractivity contribution in [2.45, 2.75) is 37.0 Å². The standard InChI is InChI=1S/C15H20N2S2/c1-3-7-13-14(10-16-2)19-15(17-13)11-18-12-8-5-4-6-9-12/h4-6,8-9,16H,3,7,10-11H2,1-2H3. The van der Waals surface area contributed by atoms with Crippen molar-refractivity contribution >= 4 is 23.1 Å². The van der Waals surface area contributed by atoms with Crippen LogP contribution in [0.3, 0.4) is 0 Å². The van der Waals surface area contributed by atoms with Crippen LogP contribution in [0.1, 0.15) is 28.9 Å². The lowest BCUT2D eigenvalue weighted by Crippen LogP contribution is -2.05. The fourth-order valence-electron chi connectivity index (χ4n) is 1.89. The molecule has 0 aliphatic carbocycles. The Bertz CT molecular complexity index is 471. The average Bonchev–Trinajstić information content (AvgIpc) is 2.81. The molecule has 0 unspecified atom stereocenters. The molecule has 1 aromatic carbocycles. The first kappa shape index (κ1) is 14.6. The lowest BCUT2D eigenvalue weighted by molar-refractivity contribution is 0.797. The van der Waals surface area contributed by atoms with E-state index in [0.29, 0.717) is 0 Å². The topological polar surface area (TPSA) is 24.9 Å². The van der Waals surface area contributed by atoms with Crippen molar-refractivity contribution in [3.63, 3.8) is 0 Å². The van der Waals surface area contributed by atoms with E-state index in [2.05, 4.69) is 42.6 Å². The normalized spacial score (nSPS) is 10.8. The Balaban J connectivity index is 2.02. The SMILES string of the molecule is CCCc1nc(CSc2ccccc2)sc1CNC. The van der Waals surface area contributed by atoms with Crippen molar-refractivity contribution in [2.75, 3.05) is 7.05 Å². The third-order valence-corrected chi connectivity index (χ3v) is 5.06. The molecule has 4 heteroatoms. The van der Waals surface area contributed by atoms with Gasteiger partial charge in [0.1, 0.15) is 5.01 Å². The third kappa shape index (κ3) is 4.34. The second-order valence-electron chi connectivity index (χ2n) is 4.36. The van der Waals surface area contributed by atoms with Gasteiger partial charge in [0.25, 0.3) is 0 Å². The monoisotopic (exact) mass is 292 g/mol. The van der Waals surface area contributed by atoms with Crippen LogP contribution in [0.15, 0.2) is 35.2 Å². The summed E-state index contributed by atoms with van der Waals surface area (Å²) in [5, 5.41) is 4.47. The zero-order valence-corrected chi connectivity index (χ0v) is 13.1. The van der Waals surface area contributed by atoms with Gasteiger partial charge in [-0.3, -0.25) is 0 Å². The van der Waals surface area contributed by atoms with Crippen LogP contribution in [-0.2, 0) is 18.7 Å². The largest absolute Gasteiger partial charge is 0.315 e. The molecule has 1 heterocycles. The first-order valence-electron chi connectivity index (χ1n) is 6.63. The molecule has 2 nitrogen and oxygen atoms in total. The molecule has 0 aliphatic heterocycles. The van der Waals surface area contributed by atoms with Gasteiger partial charge in [-0.2, -0.15) is 0 Å². The number of nitrogens with one attached hydrogen (secondary N) is 1. The third-order valence-electron chi connectivity index (χ3n) is 2.75. The maximum absolute atomic E-state index is 4.79. The zero-order valence-electron chi connectivity index (χ0n) is 11.5. The van der Waals surface area contributed by atoms with Crippen molar-refractivity contribution < 1.29 is 0 Å². The van der Waals surface area contributed by atoms with Crippen molar-refractivity contribution in [2.24, 2.45) is 0 Å². The van der Waals surface area contributed by atoms with E-state index < -0.39 is 0 Å². The first-order chi connectivity index (χ1) is 9.33. The highest BCUT2D eigenvalue weighted by Gasteiger charge is 2.10. The molecule has 0 amide bonds. The lowest BCUT2D eigenvalue weighted by Gasteiger charge is -1.98. The van der Waals surface area contributed by atoms with Crippen LogP contribution in [0.2, 0.25) is 0 Å². The van der Waals surface area contributed by atoms with Gasteiger partial charge in [-0.25, -0.2) is 4.98 Å². The molecular weight excluding hydrogens is 272 g/mol. The van der Waals surface area contributed by atoms with Crippen LogP contribution in [0.5, 0.6) is 0 Å². The summed E-state index contributed by atoms with van der Waals surface area (Å²) in [4.78, 5) is 7.50. The van der Waals surface area contributed by atoms with Crippen molar-refractivity contribution in [3.8, 4) is 0 Å². The Morgan fingerprint density at radius 1 is 1.26 bits per heavy atom. The van der Waals surface area contributed by atoms with Gasteiger partial charge in [0.2, 0.25) is 0 Å². The Morgan fingerprint density at radius 2 is 2.05 bits per heavy atom. The molecule has 0 saturated heterocycles. The van der Waals surface area contributed by atoms with E-state index in [1.807, 2.05) is 30.1 Å². The summed E-state index contributed by atoms with van der Waals surface area (Å²) in [7, 11) is 1.99. The molecule has 2 rings (SSSR count). The maximum atomic E-state index is 4.79. The predicted molar refractivity (Wildman–Crippen MR) is 84.9 cm³/mol. The van der Waals surface area contributed by atoms with Gasteiger partial charge < -0.3 is 5.32 Å². The van der Waals surface area contributed by atoms with E-state index in [1.54, 1.807) is 0 Å². The zero-order chi connectivity index (χ0) is 13.5. The van der Waals surface area contributed by atoms with Gasteiger partial charge in [-0.05, 0) is 25.6 Å². The van der Waals surface area contributed by atoms with Crippen LogP contribution in [0.4, 0.5) is 0 Å². The Labute approximate surface area is 123 Å². The molecule has 2 aromatic rings. The summed E-state index contributed by atoms with van der Waals surface area (Å²) in [5.74, 6) is 0.967. The fourth-order valence-corrected chi connectivity index (χ4v) is 3.93. The Kier molecular flexibility index (Phi) is 5.89. The summed E-state index contributed by atoms with van der Waals surface area (Å²) >= 11 is 3.71. The number of thioether (sulfide) groups is 1. The molecule has 19 heavy (non-hydrogen) atoms. The Hall–Kier alpha value is -0.840. The maximum Gasteiger partial charge on any atom is 0.103 e. The summed E-state index contributed by atoms with van der Waals surface area (Å²) in [6.07, 6.45) is 2.25. The summed E-state index contributed by atoms with van der Waals surface area (Å²) in [5.41, 5.74) is 1.28. The average molecular weight is 292 g/mol. The van der Waals surface area contributed by atoms with E-state index >= 15 is 0 Å². The second kappa shape index (κ2) is 7.68. The number of aromatic nitrogens is 1. The van der Waals surface area contributed by atoms with Crippen molar-refractivity contribution in [3.05, 3.63) is 45.9 Å². The summed E-state index contributed by atoms with van der Waals surface area (Å²) in [6, 6.07) is 10.5. The van der Waals surface area contributed by atoms with E-state index in [0.717, 1.165) is 25.1 Å². The van der Waals surface area contributed by atoms with E-state index in [9.17, 15) is 0 Å². The van der Waals surface area contributed by atoms with Crippen LogP contribution in [0.25, 0.3) is 0 Å². The minimum atomic E-state index is 0.934. The van der Waals surface area contributed by atoms with Crippen LogP contribution < -0.4 is 5.32 Å². The van der Waals surface area contributed by atoms with Gasteiger partial charge in [-0.1, -0.05) is 31.5 Å². The lowest BCUT2D eigenvalue weighted by atomic mass is 10.2. The smallest absolute Gasteiger partial charge is 0.103 e. The molecule has 0 aliphatic rings. The molecular formula is C15H20N2S2. The molecule has 0 saturated carbocycles. The number of aryl methyl sites for hydroxylation is 1. The van der Waals surface area contributed by atoms with Gasteiger partial charge in [0, 0.05) is 16.3 Å². The number of hydrogen-bond donors (Lipinski definition) is 1. The predicted octanol–water partition coefficient (Wildman–Crippen LogP) is 4.11. The molecule has 1 N–H and O–H groups in total. The summed E-state index contributed by atoms with van der Waals surface area (Å²) in [6.45, 7) is 3.14. The highest BCUT2D eigenvalue weighted by Crippen LogP contribution is 2.27. The van der Waals surface area contributed by atoms with E-state index in [4.69, 9.17) is 4.98 Å². The van der Waals surface area contributed by atoms with Gasteiger partial charge in [0.05, 0.1) is 11.4 Å². The second-order valence-corrected chi connectivity index (χ2v) is 6.58. The summed E-state index contributed by atoms with van der Waals surface area (Å²) < 4.78 is 0. The number of thiazole rings is 1. The minimum absolute atomic E-state index is 0.934. The van der Waals surface area contributed by atoms with Gasteiger partial charge in [-0.15, -0.1) is 23.1 Å². The number of benzene rings is 1. The molecule has 102 valence electrons. The molecule has 1 aromatic heterocycles. The van der Waals surface area contributed by atoms with E-state index in [-0.39, 0.29) is 0 Å². The first-order valence-corrected chi connectivity index (χ1v) is 8.43. The highest BCUT2D eigenvalue weighted by atomic mass is 32.2. The van der Waals surface area contributed by atoms with Crippen molar-refractivity contribution in [1.82, 2.24) is 10.3 Å². The molecule has 0 bridgehead atoms. The number of nitrogens with zero attached hydrogens (tertiary/aromatic N) is 1. The van der Waals surface area contributed by atoms with Crippen LogP contribution in [-0.4, -0.2) is 12.0 Å².